The summed E-state index contributed by atoms with van der Waals surface area (Å²) in [5.41, 5.74) is 1.83. The fourth-order valence-corrected chi connectivity index (χ4v) is 1.60. The lowest BCUT2D eigenvalue weighted by molar-refractivity contribution is 0.101. The molecule has 0 bridgehead atoms. The van der Waals surface area contributed by atoms with E-state index in [1.165, 1.54) is 6.92 Å². The van der Waals surface area contributed by atoms with Crippen molar-refractivity contribution in [2.75, 3.05) is 0 Å². The summed E-state index contributed by atoms with van der Waals surface area (Å²) in [5, 5.41) is 7.73. The van der Waals surface area contributed by atoms with Crippen molar-refractivity contribution < 1.29 is 14.2 Å². The van der Waals surface area contributed by atoms with E-state index in [2.05, 4.69) is 14.9 Å². The monoisotopic (exact) mass is 266 g/mol. The summed E-state index contributed by atoms with van der Waals surface area (Å²) < 4.78 is 10.0. The van der Waals surface area contributed by atoms with Crippen LogP contribution >= 0.6 is 11.6 Å². The standard InChI is InChI=1S/C12H11ClN2O3/c1-7-11(15-18-14-7)6-17-12-4-3-9(8(2)16)5-10(12)13/h3-5H,6H2,1-2H3. The number of nitrogens with zero attached hydrogens (tertiary/aromatic N) is 2. The van der Waals surface area contributed by atoms with Crippen molar-refractivity contribution >= 4 is 17.4 Å². The van der Waals surface area contributed by atoms with Crippen LogP contribution in [0.3, 0.4) is 0 Å². The van der Waals surface area contributed by atoms with E-state index in [9.17, 15) is 4.79 Å². The second-order valence-corrected chi connectivity index (χ2v) is 4.19. The largest absolute Gasteiger partial charge is 0.486 e. The average Bonchev–Trinajstić information content (AvgIpc) is 2.73. The van der Waals surface area contributed by atoms with Gasteiger partial charge >= 0.3 is 0 Å². The molecule has 0 unspecified atom stereocenters. The Hall–Kier alpha value is -1.88. The van der Waals surface area contributed by atoms with Gasteiger partial charge in [-0.2, -0.15) is 0 Å². The van der Waals surface area contributed by atoms with Gasteiger partial charge in [0.25, 0.3) is 0 Å². The summed E-state index contributed by atoms with van der Waals surface area (Å²) in [6.07, 6.45) is 0. The summed E-state index contributed by atoms with van der Waals surface area (Å²) >= 11 is 6.02. The molecule has 0 saturated heterocycles. The minimum Gasteiger partial charge on any atom is -0.486 e. The highest BCUT2D eigenvalue weighted by Gasteiger charge is 2.09. The number of aromatic nitrogens is 2. The molecule has 1 heterocycles. The molecule has 0 aliphatic carbocycles. The highest BCUT2D eigenvalue weighted by atomic mass is 35.5. The minimum absolute atomic E-state index is 0.0417. The zero-order valence-corrected chi connectivity index (χ0v) is 10.7. The third-order valence-electron chi connectivity index (χ3n) is 2.45. The number of halogens is 1. The van der Waals surface area contributed by atoms with Gasteiger partial charge in [0, 0.05) is 5.56 Å². The van der Waals surface area contributed by atoms with Crippen LogP contribution in [0.25, 0.3) is 0 Å². The van der Waals surface area contributed by atoms with Gasteiger partial charge in [0.15, 0.2) is 5.78 Å². The molecule has 6 heteroatoms. The molecule has 0 amide bonds. The number of aryl methyl sites for hydroxylation is 1. The van der Waals surface area contributed by atoms with E-state index in [0.29, 0.717) is 27.7 Å². The van der Waals surface area contributed by atoms with Gasteiger partial charge < -0.3 is 4.74 Å². The van der Waals surface area contributed by atoms with E-state index in [-0.39, 0.29) is 12.4 Å². The minimum atomic E-state index is -0.0417. The number of carbonyl (C=O) groups excluding carboxylic acids is 1. The predicted octanol–water partition coefficient (Wildman–Crippen LogP) is 2.81. The van der Waals surface area contributed by atoms with Crippen LogP contribution in [0.4, 0.5) is 0 Å². The molecule has 0 spiro atoms. The number of ether oxygens (including phenoxy) is 1. The fraction of sp³-hybridized carbons (Fsp3) is 0.250. The first-order valence-corrected chi connectivity index (χ1v) is 5.67. The van der Waals surface area contributed by atoms with E-state index in [0.717, 1.165) is 0 Å². The molecule has 18 heavy (non-hydrogen) atoms. The molecule has 0 aliphatic heterocycles. The van der Waals surface area contributed by atoms with Crippen LogP contribution in [0.2, 0.25) is 5.02 Å². The van der Waals surface area contributed by atoms with Gasteiger partial charge in [0.2, 0.25) is 0 Å². The number of benzene rings is 1. The maximum atomic E-state index is 11.2. The van der Waals surface area contributed by atoms with Crippen LogP contribution in [-0.2, 0) is 6.61 Å². The number of Topliss-reactive ketones (excluding diaryl/α,β-unsaturated/α-hetero) is 1. The molecule has 0 saturated carbocycles. The second-order valence-electron chi connectivity index (χ2n) is 3.79. The Morgan fingerprint density at radius 1 is 1.44 bits per heavy atom. The number of hydrogen-bond acceptors (Lipinski definition) is 5. The van der Waals surface area contributed by atoms with Crippen molar-refractivity contribution in [3.05, 3.63) is 40.2 Å². The summed E-state index contributed by atoms with van der Waals surface area (Å²) in [6.45, 7) is 3.47. The molecular formula is C12H11ClN2O3. The lowest BCUT2D eigenvalue weighted by atomic mass is 10.1. The maximum absolute atomic E-state index is 11.2. The molecule has 5 nitrogen and oxygen atoms in total. The molecule has 0 N–H and O–H groups in total. The smallest absolute Gasteiger partial charge is 0.159 e. The summed E-state index contributed by atoms with van der Waals surface area (Å²) in [5.74, 6) is 0.448. The van der Waals surface area contributed by atoms with Gasteiger partial charge in [-0.1, -0.05) is 21.9 Å². The van der Waals surface area contributed by atoms with E-state index < -0.39 is 0 Å². The van der Waals surface area contributed by atoms with Gasteiger partial charge in [-0.15, -0.1) is 0 Å². The van der Waals surface area contributed by atoms with Crippen LogP contribution in [0.15, 0.2) is 22.8 Å². The number of carbonyl (C=O) groups is 1. The van der Waals surface area contributed by atoms with Crippen molar-refractivity contribution in [3.63, 3.8) is 0 Å². The average molecular weight is 267 g/mol. The van der Waals surface area contributed by atoms with Crippen LogP contribution in [0, 0.1) is 6.92 Å². The van der Waals surface area contributed by atoms with Crippen molar-refractivity contribution in [1.82, 2.24) is 10.3 Å². The molecule has 1 aromatic heterocycles. The first-order chi connectivity index (χ1) is 8.58. The third-order valence-corrected chi connectivity index (χ3v) is 2.74. The third kappa shape index (κ3) is 2.68. The van der Waals surface area contributed by atoms with Crippen molar-refractivity contribution in [1.29, 1.82) is 0 Å². The number of hydrogen-bond donors (Lipinski definition) is 0. The van der Waals surface area contributed by atoms with Crippen molar-refractivity contribution in [2.45, 2.75) is 20.5 Å². The zero-order valence-electron chi connectivity index (χ0n) is 9.94. The van der Waals surface area contributed by atoms with Gasteiger partial charge in [-0.05, 0) is 32.0 Å². The molecule has 94 valence electrons. The lowest BCUT2D eigenvalue weighted by Crippen LogP contribution is -1.99. The Balaban J connectivity index is 2.11. The van der Waals surface area contributed by atoms with E-state index in [4.69, 9.17) is 16.3 Å². The maximum Gasteiger partial charge on any atom is 0.159 e. The summed E-state index contributed by atoms with van der Waals surface area (Å²) in [4.78, 5) is 11.2. The number of ketones is 1. The topological polar surface area (TPSA) is 65.2 Å². The van der Waals surface area contributed by atoms with Gasteiger partial charge in [-0.25, -0.2) is 4.63 Å². The highest BCUT2D eigenvalue weighted by molar-refractivity contribution is 6.32. The van der Waals surface area contributed by atoms with Gasteiger partial charge in [0.1, 0.15) is 23.7 Å². The first-order valence-electron chi connectivity index (χ1n) is 5.29. The zero-order chi connectivity index (χ0) is 13.1. The van der Waals surface area contributed by atoms with Gasteiger partial charge in [-0.3, -0.25) is 4.79 Å². The first kappa shape index (κ1) is 12.6. The normalized spacial score (nSPS) is 10.4. The second kappa shape index (κ2) is 5.18. The fourth-order valence-electron chi connectivity index (χ4n) is 1.36. The van der Waals surface area contributed by atoms with Gasteiger partial charge in [0.05, 0.1) is 5.02 Å². The molecule has 0 fully saturated rings. The quantitative estimate of drug-likeness (QED) is 0.796. The Kier molecular flexibility index (Phi) is 3.62. The molecule has 0 radical (unpaired) electrons. The lowest BCUT2D eigenvalue weighted by Gasteiger charge is -2.07. The molecule has 2 aromatic rings. The number of rotatable bonds is 4. The Labute approximate surface area is 109 Å². The highest BCUT2D eigenvalue weighted by Crippen LogP contribution is 2.26. The molecule has 0 atom stereocenters. The van der Waals surface area contributed by atoms with E-state index in [1.54, 1.807) is 25.1 Å². The van der Waals surface area contributed by atoms with Crippen molar-refractivity contribution in [3.8, 4) is 5.75 Å². The summed E-state index contributed by atoms with van der Waals surface area (Å²) in [6, 6.07) is 4.90. The van der Waals surface area contributed by atoms with Crippen LogP contribution < -0.4 is 4.74 Å². The molecule has 1 aromatic carbocycles. The van der Waals surface area contributed by atoms with Crippen molar-refractivity contribution in [2.24, 2.45) is 0 Å². The summed E-state index contributed by atoms with van der Waals surface area (Å²) in [7, 11) is 0. The Morgan fingerprint density at radius 3 is 2.78 bits per heavy atom. The van der Waals surface area contributed by atoms with E-state index in [1.807, 2.05) is 0 Å². The molecule has 2 rings (SSSR count). The van der Waals surface area contributed by atoms with Crippen LogP contribution in [0.1, 0.15) is 28.7 Å². The SMILES string of the molecule is CC(=O)c1ccc(OCc2nonc2C)c(Cl)c1. The van der Waals surface area contributed by atoms with E-state index >= 15 is 0 Å². The van der Waals surface area contributed by atoms with Crippen LogP contribution in [-0.4, -0.2) is 16.1 Å². The Morgan fingerprint density at radius 2 is 2.22 bits per heavy atom. The molecular weight excluding hydrogens is 256 g/mol. The van der Waals surface area contributed by atoms with Crippen LogP contribution in [0.5, 0.6) is 5.75 Å². The Bertz CT molecular complexity index is 580. The molecule has 0 aliphatic rings. The predicted molar refractivity (Wildman–Crippen MR) is 64.8 cm³/mol.